The van der Waals surface area contributed by atoms with E-state index in [2.05, 4.69) is 0 Å². The zero-order valence-electron chi connectivity index (χ0n) is 12.0. The summed E-state index contributed by atoms with van der Waals surface area (Å²) in [5.41, 5.74) is 6.66. The highest BCUT2D eigenvalue weighted by Crippen LogP contribution is 2.35. The van der Waals surface area contributed by atoms with Crippen molar-refractivity contribution in [3.05, 3.63) is 34.6 Å². The van der Waals surface area contributed by atoms with Crippen LogP contribution in [0.25, 0.3) is 0 Å². The minimum Gasteiger partial charge on any atom is -0.374 e. The molecule has 1 aromatic rings. The summed E-state index contributed by atoms with van der Waals surface area (Å²) in [6.07, 6.45) is 5.88. The standard InChI is InChI=1S/C16H23ClFNO/c1-2-20-16(8-4-3-5-9-16)15(19)11-12-10-13(17)6-7-14(12)18/h6-7,10,15H,2-5,8-9,11,19H2,1H3. The second-order valence-electron chi connectivity index (χ2n) is 5.60. The Morgan fingerprint density at radius 3 is 2.70 bits per heavy atom. The Balaban J connectivity index is 2.15. The summed E-state index contributed by atoms with van der Waals surface area (Å²) in [4.78, 5) is 0. The fraction of sp³-hybridized carbons (Fsp3) is 0.625. The largest absolute Gasteiger partial charge is 0.374 e. The van der Waals surface area contributed by atoms with E-state index in [0.29, 0.717) is 23.6 Å². The summed E-state index contributed by atoms with van der Waals surface area (Å²) in [6, 6.07) is 4.43. The lowest BCUT2D eigenvalue weighted by molar-refractivity contribution is -0.0818. The fourth-order valence-corrected chi connectivity index (χ4v) is 3.38. The predicted octanol–water partition coefficient (Wildman–Crippen LogP) is 4.09. The van der Waals surface area contributed by atoms with Crippen LogP contribution in [0.4, 0.5) is 4.39 Å². The monoisotopic (exact) mass is 299 g/mol. The summed E-state index contributed by atoms with van der Waals surface area (Å²) in [5, 5.41) is 0.544. The van der Waals surface area contributed by atoms with Gasteiger partial charge in [-0.25, -0.2) is 4.39 Å². The van der Waals surface area contributed by atoms with E-state index in [9.17, 15) is 4.39 Å². The lowest BCUT2D eigenvalue weighted by atomic mass is 9.77. The van der Waals surface area contributed by atoms with Crippen molar-refractivity contribution in [2.75, 3.05) is 6.61 Å². The van der Waals surface area contributed by atoms with Crippen LogP contribution in [0.15, 0.2) is 18.2 Å². The minimum absolute atomic E-state index is 0.198. The molecule has 0 aromatic heterocycles. The van der Waals surface area contributed by atoms with Crippen molar-refractivity contribution in [2.45, 2.75) is 57.1 Å². The smallest absolute Gasteiger partial charge is 0.126 e. The topological polar surface area (TPSA) is 35.2 Å². The molecule has 0 aliphatic heterocycles. The Bertz CT molecular complexity index is 441. The van der Waals surface area contributed by atoms with Gasteiger partial charge < -0.3 is 10.5 Å². The highest BCUT2D eigenvalue weighted by molar-refractivity contribution is 6.30. The number of halogens is 2. The first-order valence-electron chi connectivity index (χ1n) is 7.41. The van der Waals surface area contributed by atoms with Crippen molar-refractivity contribution >= 4 is 11.6 Å². The van der Waals surface area contributed by atoms with Gasteiger partial charge >= 0.3 is 0 Å². The van der Waals surface area contributed by atoms with Crippen molar-refractivity contribution < 1.29 is 9.13 Å². The lowest BCUT2D eigenvalue weighted by Crippen LogP contribution is -2.52. The van der Waals surface area contributed by atoms with Crippen molar-refractivity contribution in [1.82, 2.24) is 0 Å². The maximum absolute atomic E-state index is 13.9. The molecule has 0 spiro atoms. The Labute approximate surface area is 125 Å². The molecule has 0 amide bonds. The second-order valence-corrected chi connectivity index (χ2v) is 6.04. The lowest BCUT2D eigenvalue weighted by Gasteiger charge is -2.41. The van der Waals surface area contributed by atoms with Crippen LogP contribution in [0, 0.1) is 5.82 Å². The van der Waals surface area contributed by atoms with E-state index >= 15 is 0 Å². The first kappa shape index (κ1) is 15.7. The molecule has 0 heterocycles. The molecule has 20 heavy (non-hydrogen) atoms. The van der Waals surface area contributed by atoms with Gasteiger partial charge in [0.15, 0.2) is 0 Å². The van der Waals surface area contributed by atoms with Crippen LogP contribution in [0.1, 0.15) is 44.6 Å². The summed E-state index contributed by atoms with van der Waals surface area (Å²) in [5.74, 6) is -0.243. The molecule has 2 nitrogen and oxygen atoms in total. The maximum Gasteiger partial charge on any atom is 0.126 e. The van der Waals surface area contributed by atoms with E-state index in [1.165, 1.54) is 12.5 Å². The summed E-state index contributed by atoms with van der Waals surface area (Å²) in [6.45, 7) is 2.63. The second kappa shape index (κ2) is 6.88. The molecule has 1 atom stereocenters. The summed E-state index contributed by atoms with van der Waals surface area (Å²) < 4.78 is 19.8. The van der Waals surface area contributed by atoms with Crippen molar-refractivity contribution in [2.24, 2.45) is 5.73 Å². The van der Waals surface area contributed by atoms with Crippen LogP contribution >= 0.6 is 11.6 Å². The first-order chi connectivity index (χ1) is 9.57. The molecule has 2 rings (SSSR count). The van der Waals surface area contributed by atoms with Crippen LogP contribution in [0.3, 0.4) is 0 Å². The van der Waals surface area contributed by atoms with Crippen molar-refractivity contribution in [1.29, 1.82) is 0 Å². The maximum atomic E-state index is 13.9. The van der Waals surface area contributed by atoms with E-state index in [1.54, 1.807) is 12.1 Å². The van der Waals surface area contributed by atoms with E-state index in [0.717, 1.165) is 25.7 Å². The van der Waals surface area contributed by atoms with Crippen LogP contribution < -0.4 is 5.73 Å². The normalized spacial score (nSPS) is 19.8. The number of benzene rings is 1. The molecule has 1 unspecified atom stereocenters. The van der Waals surface area contributed by atoms with E-state index in [-0.39, 0.29) is 17.5 Å². The molecule has 0 saturated heterocycles. The van der Waals surface area contributed by atoms with Gasteiger partial charge in [-0.3, -0.25) is 0 Å². The highest BCUT2D eigenvalue weighted by Gasteiger charge is 2.38. The molecule has 112 valence electrons. The van der Waals surface area contributed by atoms with Crippen LogP contribution in [0.2, 0.25) is 5.02 Å². The van der Waals surface area contributed by atoms with Crippen molar-refractivity contribution in [3.63, 3.8) is 0 Å². The number of hydrogen-bond acceptors (Lipinski definition) is 2. The summed E-state index contributed by atoms with van der Waals surface area (Å²) in [7, 11) is 0. The van der Waals surface area contributed by atoms with Gasteiger partial charge in [-0.1, -0.05) is 30.9 Å². The molecule has 1 aromatic carbocycles. The Morgan fingerprint density at radius 1 is 1.35 bits per heavy atom. The van der Waals surface area contributed by atoms with Gasteiger partial charge in [0.1, 0.15) is 5.82 Å². The molecular weight excluding hydrogens is 277 g/mol. The Kier molecular flexibility index (Phi) is 5.42. The van der Waals surface area contributed by atoms with E-state index < -0.39 is 0 Å². The van der Waals surface area contributed by atoms with Gasteiger partial charge in [-0.15, -0.1) is 0 Å². The zero-order chi connectivity index (χ0) is 14.6. The molecule has 2 N–H and O–H groups in total. The first-order valence-corrected chi connectivity index (χ1v) is 7.78. The molecule has 1 saturated carbocycles. The number of rotatable bonds is 5. The van der Waals surface area contributed by atoms with E-state index in [1.807, 2.05) is 6.92 Å². The molecule has 4 heteroatoms. The third-order valence-corrected chi connectivity index (χ3v) is 4.49. The number of hydrogen-bond donors (Lipinski definition) is 1. The van der Waals surface area contributed by atoms with Crippen LogP contribution in [-0.4, -0.2) is 18.2 Å². The van der Waals surface area contributed by atoms with Gasteiger partial charge in [0.2, 0.25) is 0 Å². The van der Waals surface area contributed by atoms with E-state index in [4.69, 9.17) is 22.1 Å². The predicted molar refractivity (Wildman–Crippen MR) is 80.5 cm³/mol. The highest BCUT2D eigenvalue weighted by atomic mass is 35.5. The van der Waals surface area contributed by atoms with Gasteiger partial charge in [0.25, 0.3) is 0 Å². The number of nitrogens with two attached hydrogens (primary N) is 1. The third kappa shape index (κ3) is 3.51. The van der Waals surface area contributed by atoms with Gasteiger partial charge in [-0.2, -0.15) is 0 Å². The Hall–Kier alpha value is -0.640. The fourth-order valence-electron chi connectivity index (χ4n) is 3.18. The van der Waals surface area contributed by atoms with Gasteiger partial charge in [0, 0.05) is 17.7 Å². The zero-order valence-corrected chi connectivity index (χ0v) is 12.8. The molecule has 0 bridgehead atoms. The van der Waals surface area contributed by atoms with Gasteiger partial charge in [0.05, 0.1) is 5.60 Å². The SMILES string of the molecule is CCOC1(C(N)Cc2cc(Cl)ccc2F)CCCCC1. The van der Waals surface area contributed by atoms with Gasteiger partial charge in [-0.05, 0) is 49.9 Å². The number of ether oxygens (including phenoxy) is 1. The average molecular weight is 300 g/mol. The van der Waals surface area contributed by atoms with Crippen LogP contribution in [-0.2, 0) is 11.2 Å². The van der Waals surface area contributed by atoms with Crippen LogP contribution in [0.5, 0.6) is 0 Å². The molecule has 1 aliphatic rings. The molecular formula is C16H23ClFNO. The average Bonchev–Trinajstić information content (AvgIpc) is 2.44. The quantitative estimate of drug-likeness (QED) is 0.889. The molecule has 1 aliphatic carbocycles. The minimum atomic E-state index is -0.304. The molecule has 1 fully saturated rings. The Morgan fingerprint density at radius 2 is 2.05 bits per heavy atom. The molecule has 0 radical (unpaired) electrons. The summed E-state index contributed by atoms with van der Waals surface area (Å²) >= 11 is 5.94. The third-order valence-electron chi connectivity index (χ3n) is 4.26. The van der Waals surface area contributed by atoms with Crippen molar-refractivity contribution in [3.8, 4) is 0 Å².